The van der Waals surface area contributed by atoms with E-state index in [1.165, 1.54) is 5.56 Å². The number of amides is 1. The van der Waals surface area contributed by atoms with Crippen LogP contribution in [0.1, 0.15) is 16.8 Å². The molecule has 0 radical (unpaired) electrons. The average molecular weight is 359 g/mol. The number of rotatable bonds is 3. The van der Waals surface area contributed by atoms with Crippen molar-refractivity contribution >= 4 is 22.5 Å². The Morgan fingerprint density at radius 2 is 2.15 bits per heavy atom. The summed E-state index contributed by atoms with van der Waals surface area (Å²) in [6.45, 7) is 5.05. The van der Waals surface area contributed by atoms with E-state index in [-0.39, 0.29) is 5.91 Å². The number of carbonyl (C=O) groups excluding carboxylic acids is 1. The third-order valence-corrected chi connectivity index (χ3v) is 5.73. The van der Waals surface area contributed by atoms with Gasteiger partial charge in [-0.25, -0.2) is 0 Å². The van der Waals surface area contributed by atoms with Gasteiger partial charge >= 0.3 is 0 Å². The fourth-order valence-electron chi connectivity index (χ4n) is 4.57. The summed E-state index contributed by atoms with van der Waals surface area (Å²) < 4.78 is 5.41. The highest BCUT2D eigenvalue weighted by molar-refractivity contribution is 6.11. The summed E-state index contributed by atoms with van der Waals surface area (Å²) in [6, 6.07) is 14.0. The van der Waals surface area contributed by atoms with E-state index in [1.807, 2.05) is 41.3 Å². The highest BCUT2D eigenvalue weighted by Gasteiger charge is 2.54. The van der Waals surface area contributed by atoms with Crippen LogP contribution in [-0.4, -0.2) is 31.1 Å². The second-order valence-electron chi connectivity index (χ2n) is 7.04. The molecule has 3 aromatic rings. The molecule has 0 fully saturated rings. The van der Waals surface area contributed by atoms with Gasteiger partial charge in [-0.1, -0.05) is 24.3 Å². The number of anilines is 1. The van der Waals surface area contributed by atoms with Crippen molar-refractivity contribution in [3.63, 3.8) is 0 Å². The van der Waals surface area contributed by atoms with Crippen LogP contribution in [0.25, 0.3) is 10.9 Å². The van der Waals surface area contributed by atoms with E-state index in [4.69, 9.17) is 4.74 Å². The van der Waals surface area contributed by atoms with Gasteiger partial charge < -0.3 is 14.6 Å². The second kappa shape index (κ2) is 5.72. The van der Waals surface area contributed by atoms with Gasteiger partial charge in [0, 0.05) is 29.6 Å². The first-order valence-electron chi connectivity index (χ1n) is 9.17. The maximum absolute atomic E-state index is 13.7. The fourth-order valence-corrected chi connectivity index (χ4v) is 4.57. The molecule has 5 rings (SSSR count). The van der Waals surface area contributed by atoms with E-state index >= 15 is 0 Å². The number of fused-ring (bicyclic) bond motifs is 6. The van der Waals surface area contributed by atoms with E-state index < -0.39 is 5.54 Å². The van der Waals surface area contributed by atoms with Crippen LogP contribution in [-0.2, 0) is 16.8 Å². The van der Waals surface area contributed by atoms with Gasteiger partial charge in [0.05, 0.1) is 18.5 Å². The average Bonchev–Trinajstić information content (AvgIpc) is 3.19. The molecule has 1 aromatic heterocycles. The molecule has 0 bridgehead atoms. The van der Waals surface area contributed by atoms with Crippen LogP contribution in [0.3, 0.4) is 0 Å². The van der Waals surface area contributed by atoms with E-state index in [0.29, 0.717) is 6.54 Å². The molecule has 2 aliphatic rings. The zero-order valence-corrected chi connectivity index (χ0v) is 15.2. The number of hydrogen-bond acceptors (Lipinski definition) is 3. The highest BCUT2D eigenvalue weighted by Crippen LogP contribution is 2.47. The first-order chi connectivity index (χ1) is 13.2. The van der Waals surface area contributed by atoms with Crippen LogP contribution in [0.4, 0.5) is 5.69 Å². The number of H-pyrrole nitrogens is 1. The summed E-state index contributed by atoms with van der Waals surface area (Å²) in [5.74, 6) is 0.867. The summed E-state index contributed by atoms with van der Waals surface area (Å²) in [6.07, 6.45) is 2.63. The molecule has 0 unspecified atom stereocenters. The molecule has 1 atom stereocenters. The van der Waals surface area contributed by atoms with E-state index in [0.717, 1.165) is 46.6 Å². The molecule has 3 heterocycles. The molecule has 5 heteroatoms. The molecule has 1 spiro atoms. The molecule has 2 aromatic carbocycles. The van der Waals surface area contributed by atoms with Crippen molar-refractivity contribution in [2.24, 2.45) is 0 Å². The number of benzene rings is 2. The topological polar surface area (TPSA) is 57.4 Å². The quantitative estimate of drug-likeness (QED) is 0.707. The Hall–Kier alpha value is -3.05. The number of aromatic nitrogens is 1. The highest BCUT2D eigenvalue weighted by atomic mass is 16.5. The molecular formula is C22H21N3O2. The lowest BCUT2D eigenvalue weighted by molar-refractivity contribution is -0.123. The zero-order chi connectivity index (χ0) is 18.6. The molecule has 5 nitrogen and oxygen atoms in total. The lowest BCUT2D eigenvalue weighted by Gasteiger charge is -2.34. The number of ether oxygens (including phenoxy) is 1. The van der Waals surface area contributed by atoms with Gasteiger partial charge in [-0.05, 0) is 36.2 Å². The minimum absolute atomic E-state index is 0.0445. The van der Waals surface area contributed by atoms with Gasteiger partial charge in [-0.3, -0.25) is 10.1 Å². The van der Waals surface area contributed by atoms with Gasteiger partial charge in [0.25, 0.3) is 5.91 Å². The molecule has 2 aliphatic heterocycles. The number of para-hydroxylation sites is 1. The number of nitrogens with one attached hydrogen (secondary N) is 2. The molecule has 0 aliphatic carbocycles. The predicted molar refractivity (Wildman–Crippen MR) is 106 cm³/mol. The minimum Gasteiger partial charge on any atom is -0.497 e. The number of methoxy groups -OCH3 is 1. The summed E-state index contributed by atoms with van der Waals surface area (Å²) in [5, 5.41) is 4.67. The Kier molecular flexibility index (Phi) is 3.42. The Morgan fingerprint density at radius 1 is 1.30 bits per heavy atom. The largest absolute Gasteiger partial charge is 0.497 e. The number of carbonyl (C=O) groups is 1. The maximum Gasteiger partial charge on any atom is 0.258 e. The smallest absolute Gasteiger partial charge is 0.258 e. The molecule has 2 N–H and O–H groups in total. The maximum atomic E-state index is 13.7. The third-order valence-electron chi connectivity index (χ3n) is 5.73. The van der Waals surface area contributed by atoms with Crippen molar-refractivity contribution in [2.45, 2.75) is 12.0 Å². The molecule has 0 saturated heterocycles. The Labute approximate surface area is 157 Å². The van der Waals surface area contributed by atoms with Crippen molar-refractivity contribution in [2.75, 3.05) is 25.1 Å². The van der Waals surface area contributed by atoms with E-state index in [2.05, 4.69) is 22.9 Å². The predicted octanol–water partition coefficient (Wildman–Crippen LogP) is 3.10. The van der Waals surface area contributed by atoms with Crippen LogP contribution >= 0.6 is 0 Å². The fraction of sp³-hybridized carbons (Fsp3) is 0.227. The van der Waals surface area contributed by atoms with Gasteiger partial charge in [-0.15, -0.1) is 6.58 Å². The molecule has 1 amide bonds. The van der Waals surface area contributed by atoms with Crippen molar-refractivity contribution in [1.82, 2.24) is 10.3 Å². The molecule has 27 heavy (non-hydrogen) atoms. The third kappa shape index (κ3) is 2.00. The number of aromatic amines is 1. The van der Waals surface area contributed by atoms with Gasteiger partial charge in [0.2, 0.25) is 0 Å². The van der Waals surface area contributed by atoms with E-state index in [1.54, 1.807) is 13.2 Å². The van der Waals surface area contributed by atoms with Gasteiger partial charge in [-0.2, -0.15) is 0 Å². The molecule has 136 valence electrons. The van der Waals surface area contributed by atoms with Crippen molar-refractivity contribution in [3.8, 4) is 5.75 Å². The zero-order valence-electron chi connectivity index (χ0n) is 15.2. The normalized spacial score (nSPS) is 20.8. The van der Waals surface area contributed by atoms with Crippen LogP contribution in [0.2, 0.25) is 0 Å². The van der Waals surface area contributed by atoms with Crippen molar-refractivity contribution < 1.29 is 9.53 Å². The Morgan fingerprint density at radius 3 is 2.96 bits per heavy atom. The van der Waals surface area contributed by atoms with Crippen molar-refractivity contribution in [3.05, 3.63) is 71.9 Å². The Balaban J connectivity index is 1.80. The summed E-state index contributed by atoms with van der Waals surface area (Å²) in [7, 11) is 1.67. The van der Waals surface area contributed by atoms with Crippen LogP contribution < -0.4 is 15.0 Å². The first kappa shape index (κ1) is 16.1. The second-order valence-corrected chi connectivity index (χ2v) is 7.04. The van der Waals surface area contributed by atoms with Crippen LogP contribution in [0.15, 0.2) is 55.1 Å². The summed E-state index contributed by atoms with van der Waals surface area (Å²) in [4.78, 5) is 19.0. The van der Waals surface area contributed by atoms with Crippen LogP contribution in [0, 0.1) is 0 Å². The first-order valence-corrected chi connectivity index (χ1v) is 9.17. The number of hydrogen-bond donors (Lipinski definition) is 2. The van der Waals surface area contributed by atoms with Gasteiger partial charge in [0.15, 0.2) is 5.54 Å². The van der Waals surface area contributed by atoms with Gasteiger partial charge in [0.1, 0.15) is 5.75 Å². The lowest BCUT2D eigenvalue weighted by Crippen LogP contribution is -2.55. The van der Waals surface area contributed by atoms with Crippen molar-refractivity contribution in [1.29, 1.82) is 0 Å². The Bertz CT molecular complexity index is 1080. The minimum atomic E-state index is -0.876. The van der Waals surface area contributed by atoms with Crippen LogP contribution in [0.5, 0.6) is 5.75 Å². The van der Waals surface area contributed by atoms with E-state index in [9.17, 15) is 4.79 Å². The lowest BCUT2D eigenvalue weighted by atomic mass is 9.82. The molecular weight excluding hydrogens is 338 g/mol. The summed E-state index contributed by atoms with van der Waals surface area (Å²) >= 11 is 0. The summed E-state index contributed by atoms with van der Waals surface area (Å²) in [5.41, 5.74) is 4.22. The SMILES string of the molecule is C=CCN1C(=O)[C@@]2(NCCc3c2[nH]c2ccc(OC)cc32)c2ccccc21. The monoisotopic (exact) mass is 359 g/mol. The molecule has 0 saturated carbocycles. The standard InChI is InChI=1S/C22H21N3O2/c1-3-12-25-19-7-5-4-6-17(19)22(21(25)26)20-15(10-11-23-22)16-13-14(27-2)8-9-18(16)24-20/h3-9,13,23-24H,1,10-12H2,2H3/t22-/m1/s1. The number of nitrogens with zero attached hydrogens (tertiary/aromatic N) is 1.